The Morgan fingerprint density at radius 3 is 2.60 bits per heavy atom. The molecule has 6 nitrogen and oxygen atoms in total. The maximum Gasteiger partial charge on any atom is 0.224 e. The predicted molar refractivity (Wildman–Crippen MR) is 97.5 cm³/mol. The van der Waals surface area contributed by atoms with Crippen LogP contribution in [0.1, 0.15) is 40.5 Å². The van der Waals surface area contributed by atoms with E-state index < -0.39 is 0 Å². The fourth-order valence-electron chi connectivity index (χ4n) is 4.26. The van der Waals surface area contributed by atoms with Crippen LogP contribution in [0.4, 0.5) is 0 Å². The minimum absolute atomic E-state index is 0.00208. The maximum absolute atomic E-state index is 12.4. The van der Waals surface area contributed by atoms with Crippen LogP contribution in [-0.2, 0) is 19.0 Å². The van der Waals surface area contributed by atoms with E-state index in [2.05, 4.69) is 44.4 Å². The van der Waals surface area contributed by atoms with Gasteiger partial charge in [-0.25, -0.2) is 0 Å². The normalized spacial score (nSPS) is 31.3. The summed E-state index contributed by atoms with van der Waals surface area (Å²) in [7, 11) is 3.34. The minimum Gasteiger partial charge on any atom is -0.378 e. The highest BCUT2D eigenvalue weighted by atomic mass is 16.6. The molecule has 2 rings (SSSR count). The van der Waals surface area contributed by atoms with Gasteiger partial charge in [-0.2, -0.15) is 0 Å². The number of carbonyl (C=O) groups excluding carboxylic acids is 1. The number of nitrogens with one attached hydrogen (secondary N) is 2. The topological polar surface area (TPSA) is 68.8 Å². The van der Waals surface area contributed by atoms with Crippen LogP contribution >= 0.6 is 0 Å². The highest BCUT2D eigenvalue weighted by Gasteiger charge is 2.35. The summed E-state index contributed by atoms with van der Waals surface area (Å²) in [4.78, 5) is 12.4. The molecule has 2 aliphatic rings. The molecule has 0 radical (unpaired) electrons. The first kappa shape index (κ1) is 20.4. The molecule has 0 aliphatic carbocycles. The highest BCUT2D eigenvalue weighted by molar-refractivity contribution is 5.78. The van der Waals surface area contributed by atoms with Crippen LogP contribution in [-0.4, -0.2) is 63.2 Å². The second kappa shape index (κ2) is 8.16. The van der Waals surface area contributed by atoms with Gasteiger partial charge in [0, 0.05) is 44.2 Å². The quantitative estimate of drug-likeness (QED) is 0.710. The molecule has 1 fully saturated rings. The van der Waals surface area contributed by atoms with E-state index in [1.54, 1.807) is 14.2 Å². The van der Waals surface area contributed by atoms with E-state index in [1.807, 2.05) is 0 Å². The molecule has 0 aromatic carbocycles. The predicted octanol–water partition coefficient (Wildman–Crippen LogP) is 1.65. The monoisotopic (exact) mass is 354 g/mol. The number of methoxy groups -OCH3 is 2. The number of rotatable bonds is 6. The summed E-state index contributed by atoms with van der Waals surface area (Å²) in [6.07, 6.45) is 3.35. The standard InChI is InChI=1S/C19H34N2O4/c1-18(2)8-13(9-19(3,4)21-18)7-16(22)20-10-14-11-25-12-15(23-5)17(14)24-6/h8,14-15,17,21H,7,9-12H2,1-6H3,(H,20,22)/t14-,15-,17+/m1/s1. The average Bonchev–Trinajstić information content (AvgIpc) is 2.49. The van der Waals surface area contributed by atoms with Crippen molar-refractivity contribution in [2.45, 2.75) is 63.8 Å². The lowest BCUT2D eigenvalue weighted by molar-refractivity contribution is -0.147. The van der Waals surface area contributed by atoms with Crippen LogP contribution < -0.4 is 10.6 Å². The van der Waals surface area contributed by atoms with Crippen LogP contribution in [0.2, 0.25) is 0 Å². The number of hydrogen-bond acceptors (Lipinski definition) is 5. The summed E-state index contributed by atoms with van der Waals surface area (Å²) in [5.74, 6) is 0.150. The van der Waals surface area contributed by atoms with Crippen LogP contribution in [0, 0.1) is 5.92 Å². The number of ether oxygens (including phenoxy) is 3. The second-order valence-electron chi connectivity index (χ2n) is 8.46. The summed E-state index contributed by atoms with van der Waals surface area (Å²) in [6, 6.07) is 0. The summed E-state index contributed by atoms with van der Waals surface area (Å²) < 4.78 is 16.6. The molecule has 144 valence electrons. The fourth-order valence-corrected chi connectivity index (χ4v) is 4.26. The molecule has 0 unspecified atom stereocenters. The summed E-state index contributed by atoms with van der Waals surface area (Å²) in [6.45, 7) is 10.3. The third kappa shape index (κ3) is 5.78. The third-order valence-corrected chi connectivity index (χ3v) is 4.86. The Bertz CT molecular complexity index is 502. The van der Waals surface area contributed by atoms with E-state index >= 15 is 0 Å². The second-order valence-corrected chi connectivity index (χ2v) is 8.46. The molecule has 25 heavy (non-hydrogen) atoms. The molecule has 2 aliphatic heterocycles. The van der Waals surface area contributed by atoms with Crippen LogP contribution in [0.15, 0.2) is 11.6 Å². The van der Waals surface area contributed by atoms with E-state index in [0.717, 1.165) is 6.42 Å². The number of carbonyl (C=O) groups is 1. The lowest BCUT2D eigenvalue weighted by Gasteiger charge is -2.41. The molecule has 0 saturated carbocycles. The molecule has 2 heterocycles. The fraction of sp³-hybridized carbons (Fsp3) is 0.842. The molecule has 2 N–H and O–H groups in total. The van der Waals surface area contributed by atoms with Gasteiger partial charge in [-0.05, 0) is 34.1 Å². The van der Waals surface area contributed by atoms with Crippen molar-refractivity contribution in [3.63, 3.8) is 0 Å². The van der Waals surface area contributed by atoms with E-state index in [-0.39, 0.29) is 35.1 Å². The van der Waals surface area contributed by atoms with Crippen molar-refractivity contribution < 1.29 is 19.0 Å². The largest absolute Gasteiger partial charge is 0.378 e. The summed E-state index contributed by atoms with van der Waals surface area (Å²) >= 11 is 0. The van der Waals surface area contributed by atoms with Gasteiger partial charge in [-0.1, -0.05) is 11.6 Å². The van der Waals surface area contributed by atoms with Crippen molar-refractivity contribution in [1.29, 1.82) is 0 Å². The zero-order chi connectivity index (χ0) is 18.7. The zero-order valence-electron chi connectivity index (χ0n) is 16.5. The molecule has 1 amide bonds. The van der Waals surface area contributed by atoms with Crippen LogP contribution in [0.3, 0.4) is 0 Å². The Kier molecular flexibility index (Phi) is 6.65. The molecule has 1 saturated heterocycles. The van der Waals surface area contributed by atoms with Gasteiger partial charge in [0.25, 0.3) is 0 Å². The molecule has 0 spiro atoms. The summed E-state index contributed by atoms with van der Waals surface area (Å²) in [5.41, 5.74) is 1.09. The minimum atomic E-state index is -0.0958. The van der Waals surface area contributed by atoms with Crippen molar-refractivity contribution in [1.82, 2.24) is 10.6 Å². The van der Waals surface area contributed by atoms with Crippen molar-refractivity contribution in [3.05, 3.63) is 11.6 Å². The molecule has 0 bridgehead atoms. The van der Waals surface area contributed by atoms with Crippen LogP contribution in [0.5, 0.6) is 0 Å². The Morgan fingerprint density at radius 2 is 2.00 bits per heavy atom. The Hall–Kier alpha value is -0.950. The first-order valence-electron chi connectivity index (χ1n) is 9.06. The van der Waals surface area contributed by atoms with Gasteiger partial charge in [0.15, 0.2) is 0 Å². The Morgan fingerprint density at radius 1 is 1.28 bits per heavy atom. The van der Waals surface area contributed by atoms with E-state index in [4.69, 9.17) is 14.2 Å². The van der Waals surface area contributed by atoms with Gasteiger partial charge in [0.1, 0.15) is 6.10 Å². The molecular weight excluding hydrogens is 320 g/mol. The van der Waals surface area contributed by atoms with Crippen molar-refractivity contribution in [3.8, 4) is 0 Å². The van der Waals surface area contributed by atoms with E-state index in [1.165, 1.54) is 5.57 Å². The first-order valence-corrected chi connectivity index (χ1v) is 9.06. The molecule has 6 heteroatoms. The lowest BCUT2D eigenvalue weighted by atomic mass is 9.82. The van der Waals surface area contributed by atoms with Gasteiger partial charge in [-0.15, -0.1) is 0 Å². The molecule has 0 aromatic rings. The van der Waals surface area contributed by atoms with Gasteiger partial charge in [0.2, 0.25) is 5.91 Å². The first-order chi connectivity index (χ1) is 11.7. The van der Waals surface area contributed by atoms with Crippen molar-refractivity contribution in [2.24, 2.45) is 5.92 Å². The number of amides is 1. The SMILES string of the molecule is CO[C@H]1[C@H](CNC(=O)CC2=CC(C)(C)NC(C)(C)C2)COC[C@H]1OC. The maximum atomic E-state index is 12.4. The number of hydrogen-bond donors (Lipinski definition) is 2. The summed E-state index contributed by atoms with van der Waals surface area (Å²) in [5, 5.41) is 6.64. The Labute approximate surface area is 151 Å². The zero-order valence-corrected chi connectivity index (χ0v) is 16.5. The van der Waals surface area contributed by atoms with E-state index in [0.29, 0.717) is 26.2 Å². The van der Waals surface area contributed by atoms with Gasteiger partial charge in [-0.3, -0.25) is 4.79 Å². The van der Waals surface area contributed by atoms with Gasteiger partial charge in [0.05, 0.1) is 19.3 Å². The van der Waals surface area contributed by atoms with Crippen LogP contribution in [0.25, 0.3) is 0 Å². The smallest absolute Gasteiger partial charge is 0.224 e. The van der Waals surface area contributed by atoms with Crippen molar-refractivity contribution in [2.75, 3.05) is 34.0 Å². The lowest BCUT2D eigenvalue weighted by Crippen LogP contribution is -2.54. The highest BCUT2D eigenvalue weighted by Crippen LogP contribution is 2.29. The van der Waals surface area contributed by atoms with Gasteiger partial charge >= 0.3 is 0 Å². The molecule has 0 aromatic heterocycles. The molecule has 3 atom stereocenters. The van der Waals surface area contributed by atoms with Crippen molar-refractivity contribution >= 4 is 5.91 Å². The average molecular weight is 354 g/mol. The molecular formula is C19H34N2O4. The van der Waals surface area contributed by atoms with E-state index in [9.17, 15) is 4.79 Å². The Balaban J connectivity index is 1.89. The van der Waals surface area contributed by atoms with Gasteiger partial charge < -0.3 is 24.8 Å². The third-order valence-electron chi connectivity index (χ3n) is 4.86.